The van der Waals surface area contributed by atoms with Crippen LogP contribution in [-0.2, 0) is 23.6 Å². The van der Waals surface area contributed by atoms with E-state index in [-0.39, 0.29) is 40.0 Å². The summed E-state index contributed by atoms with van der Waals surface area (Å²) < 4.78 is 27.9. The van der Waals surface area contributed by atoms with Crippen LogP contribution in [0, 0.1) is 12.7 Å². The summed E-state index contributed by atoms with van der Waals surface area (Å²) in [6, 6.07) is 7.88. The number of nitrogens with one attached hydrogen (secondary N) is 1. The first-order valence-corrected chi connectivity index (χ1v) is 13.9. The second-order valence-corrected chi connectivity index (χ2v) is 11.5. The zero-order valence-corrected chi connectivity index (χ0v) is 24.3. The van der Waals surface area contributed by atoms with Crippen LogP contribution in [0.15, 0.2) is 63.0 Å². The molecule has 0 spiro atoms. The Bertz CT molecular complexity index is 1930. The maximum Gasteiger partial charge on any atom is 0.327 e. The van der Waals surface area contributed by atoms with Gasteiger partial charge >= 0.3 is 8.60 Å². The van der Waals surface area contributed by atoms with Crippen LogP contribution >= 0.6 is 8.60 Å². The molecule has 1 aromatic carbocycles. The summed E-state index contributed by atoms with van der Waals surface area (Å²) in [6.07, 6.45) is 4.37. The number of halogens is 1. The Labute approximate surface area is 240 Å². The lowest BCUT2D eigenvalue weighted by atomic mass is 9.86. The summed E-state index contributed by atoms with van der Waals surface area (Å²) >= 11 is 0. The molecule has 3 N–H and O–H groups in total. The number of anilines is 2. The van der Waals surface area contributed by atoms with Crippen LogP contribution < -0.4 is 16.4 Å². The molecule has 4 heterocycles. The van der Waals surface area contributed by atoms with E-state index in [1.165, 1.54) is 23.0 Å². The molecule has 0 saturated carbocycles. The van der Waals surface area contributed by atoms with E-state index in [0.717, 1.165) is 4.68 Å². The molecule has 0 unspecified atom stereocenters. The van der Waals surface area contributed by atoms with E-state index in [0.29, 0.717) is 33.7 Å². The monoisotopic (exact) mass is 594 g/mol. The van der Waals surface area contributed by atoms with Crippen molar-refractivity contribution >= 4 is 30.9 Å². The van der Waals surface area contributed by atoms with Gasteiger partial charge in [0.05, 0.1) is 18.2 Å². The maximum atomic E-state index is 15.3. The second kappa shape index (κ2) is 11.2. The Kier molecular flexibility index (Phi) is 7.78. The van der Waals surface area contributed by atoms with Crippen molar-refractivity contribution in [2.24, 2.45) is 7.05 Å². The number of benzene rings is 1. The molecular weight excluding hydrogens is 566 g/mol. The average molecular weight is 595 g/mol. The number of hydrogen-bond donors (Lipinski definition) is 3. The largest absolute Gasteiger partial charge is 0.360 e. The minimum atomic E-state index is -2.77. The summed E-state index contributed by atoms with van der Waals surface area (Å²) in [4.78, 5) is 49.9. The maximum absolute atomic E-state index is 15.3. The third-order valence-corrected chi connectivity index (χ3v) is 7.01. The smallest absolute Gasteiger partial charge is 0.327 e. The molecule has 0 aliphatic carbocycles. The Morgan fingerprint density at radius 1 is 1.14 bits per heavy atom. The molecule has 12 nitrogen and oxygen atoms in total. The lowest BCUT2D eigenvalue weighted by Gasteiger charge is -2.20. The molecule has 0 fully saturated rings. The van der Waals surface area contributed by atoms with Gasteiger partial charge in [0.15, 0.2) is 11.6 Å². The number of pyridine rings is 2. The van der Waals surface area contributed by atoms with Gasteiger partial charge in [-0.25, -0.2) is 9.37 Å². The van der Waals surface area contributed by atoms with Crippen molar-refractivity contribution in [1.29, 1.82) is 0 Å². The summed E-state index contributed by atoms with van der Waals surface area (Å²) in [5, 5.41) is 11.3. The van der Waals surface area contributed by atoms with Gasteiger partial charge in [-0.2, -0.15) is 9.78 Å². The summed E-state index contributed by atoms with van der Waals surface area (Å²) in [5.41, 5.74) is 0.622. The van der Waals surface area contributed by atoms with Crippen LogP contribution in [0.25, 0.3) is 27.7 Å². The van der Waals surface area contributed by atoms with Gasteiger partial charge in [0.25, 0.3) is 11.1 Å². The van der Waals surface area contributed by atoms with Crippen LogP contribution in [0.1, 0.15) is 37.7 Å². The highest BCUT2D eigenvalue weighted by Gasteiger charge is 2.22. The van der Waals surface area contributed by atoms with E-state index in [9.17, 15) is 19.4 Å². The highest BCUT2D eigenvalue weighted by atomic mass is 31.2. The van der Waals surface area contributed by atoms with Crippen LogP contribution in [-0.4, -0.2) is 34.3 Å². The van der Waals surface area contributed by atoms with Crippen molar-refractivity contribution in [2.75, 3.05) is 5.32 Å². The first kappa shape index (κ1) is 29.2. The Morgan fingerprint density at radius 2 is 1.90 bits per heavy atom. The topological polar surface area (TPSA) is 158 Å². The minimum absolute atomic E-state index is 0.00830. The predicted molar refractivity (Wildman–Crippen MR) is 155 cm³/mol. The fourth-order valence-electron chi connectivity index (χ4n) is 4.53. The zero-order chi connectivity index (χ0) is 30.3. The Morgan fingerprint density at radius 3 is 2.57 bits per heavy atom. The number of aromatic nitrogens is 5. The lowest BCUT2D eigenvalue weighted by Crippen LogP contribution is -2.25. The molecular formula is C28H28FN6O6P. The molecule has 0 bridgehead atoms. The van der Waals surface area contributed by atoms with E-state index >= 15 is 4.39 Å². The molecule has 14 heteroatoms. The molecule has 0 radical (unpaired) electrons. The molecule has 42 heavy (non-hydrogen) atoms. The van der Waals surface area contributed by atoms with E-state index in [2.05, 4.69) is 20.6 Å². The Hall–Kier alpha value is -4.29. The summed E-state index contributed by atoms with van der Waals surface area (Å²) in [5.74, 6) is 0.174. The van der Waals surface area contributed by atoms with Crippen LogP contribution in [0.3, 0.4) is 0 Å². The van der Waals surface area contributed by atoms with E-state index in [1.54, 1.807) is 44.4 Å². The molecule has 5 rings (SSSR count). The quantitative estimate of drug-likeness (QED) is 0.231. The average Bonchev–Trinajstić information content (AvgIpc) is 3.33. The third-order valence-electron chi connectivity index (χ3n) is 6.65. The van der Waals surface area contributed by atoms with E-state index in [4.69, 9.17) is 9.05 Å². The number of aryl methyl sites for hydroxylation is 2. The molecule has 5 aromatic rings. The SMILES string of the molecule is Cc1cc(Nc2cc(-c3ccnc(-n4ncc5cc(C(C)(C)C)cc(F)c5c4=O)c3COP(O)O)cn(C)c2=O)no1. The van der Waals surface area contributed by atoms with Crippen molar-refractivity contribution in [2.45, 2.75) is 39.7 Å². The van der Waals surface area contributed by atoms with Crippen molar-refractivity contribution in [3.8, 4) is 16.9 Å². The van der Waals surface area contributed by atoms with Crippen LogP contribution in [0.2, 0.25) is 0 Å². The zero-order valence-electron chi connectivity index (χ0n) is 23.4. The fourth-order valence-corrected chi connectivity index (χ4v) is 4.77. The molecule has 0 amide bonds. The normalized spacial score (nSPS) is 11.9. The van der Waals surface area contributed by atoms with Gasteiger partial charge < -0.3 is 28.7 Å². The summed E-state index contributed by atoms with van der Waals surface area (Å²) in [6.45, 7) is 7.14. The van der Waals surface area contributed by atoms with Gasteiger partial charge in [-0.1, -0.05) is 25.9 Å². The Balaban J connectivity index is 1.70. The standard InChI is InChI=1S/C28H28FN6O6P/c1-15-8-23(33-41-15)32-22-10-17(13-34(5)26(22)36)19-6-7-30-25(20(19)14-40-42(38)39)35-27(37)24-16(12-31-35)9-18(11-21(24)29)28(2,3)4/h6-13,38-39H,14H2,1-5H3,(H,32,33). The third kappa shape index (κ3) is 5.72. The van der Waals surface area contributed by atoms with E-state index < -0.39 is 20.0 Å². The number of rotatable bonds is 7. The summed E-state index contributed by atoms with van der Waals surface area (Å²) in [7, 11) is -1.21. The highest BCUT2D eigenvalue weighted by molar-refractivity contribution is 7.39. The van der Waals surface area contributed by atoms with Gasteiger partial charge in [-0.15, -0.1) is 0 Å². The van der Waals surface area contributed by atoms with Crippen molar-refractivity contribution < 1.29 is 23.2 Å². The molecule has 218 valence electrons. The van der Waals surface area contributed by atoms with Crippen molar-refractivity contribution in [1.82, 2.24) is 24.5 Å². The highest BCUT2D eigenvalue weighted by Crippen LogP contribution is 2.34. The van der Waals surface area contributed by atoms with Gasteiger partial charge in [-0.05, 0) is 47.7 Å². The molecule has 0 atom stereocenters. The number of hydrogen-bond acceptors (Lipinski definition) is 10. The van der Waals surface area contributed by atoms with Gasteiger partial charge in [0, 0.05) is 42.0 Å². The number of fused-ring (bicyclic) bond motifs is 1. The second-order valence-electron chi connectivity index (χ2n) is 10.7. The van der Waals surface area contributed by atoms with Crippen LogP contribution in [0.4, 0.5) is 15.9 Å². The van der Waals surface area contributed by atoms with Gasteiger partial charge in [0.1, 0.15) is 17.3 Å². The van der Waals surface area contributed by atoms with Crippen molar-refractivity contribution in [3.63, 3.8) is 0 Å². The van der Waals surface area contributed by atoms with E-state index in [1.807, 2.05) is 20.8 Å². The minimum Gasteiger partial charge on any atom is -0.360 e. The number of nitrogens with zero attached hydrogens (tertiary/aromatic N) is 5. The molecule has 0 aliphatic rings. The van der Waals surface area contributed by atoms with Gasteiger partial charge in [0.2, 0.25) is 0 Å². The molecule has 4 aromatic heterocycles. The molecule has 0 saturated heterocycles. The van der Waals surface area contributed by atoms with Crippen LogP contribution in [0.5, 0.6) is 0 Å². The first-order valence-electron chi connectivity index (χ1n) is 12.8. The lowest BCUT2D eigenvalue weighted by molar-refractivity contribution is 0.245. The van der Waals surface area contributed by atoms with Gasteiger partial charge in [-0.3, -0.25) is 9.59 Å². The fraction of sp³-hybridized carbons (Fsp3) is 0.250. The molecule has 0 aliphatic heterocycles. The first-order chi connectivity index (χ1) is 19.8. The van der Waals surface area contributed by atoms with Crippen molar-refractivity contribution in [3.05, 3.63) is 92.3 Å². The predicted octanol–water partition coefficient (Wildman–Crippen LogP) is 4.35.